The van der Waals surface area contributed by atoms with Crippen molar-refractivity contribution in [3.63, 3.8) is 0 Å². The molecule has 0 unspecified atom stereocenters. The van der Waals surface area contributed by atoms with Crippen molar-refractivity contribution in [1.82, 2.24) is 15.0 Å². The zero-order valence-corrected chi connectivity index (χ0v) is 19.1. The molecule has 0 radical (unpaired) electrons. The van der Waals surface area contributed by atoms with Gasteiger partial charge in [0.05, 0.1) is 12.0 Å². The average molecular weight is 493 g/mol. The first-order valence-corrected chi connectivity index (χ1v) is 11.4. The van der Waals surface area contributed by atoms with Gasteiger partial charge in [-0.15, -0.1) is 0 Å². The number of aromatic nitrogens is 2. The van der Waals surface area contributed by atoms with Gasteiger partial charge in [-0.1, -0.05) is 53.7 Å². The third-order valence-corrected chi connectivity index (χ3v) is 6.28. The highest BCUT2D eigenvalue weighted by atomic mass is 19.4. The minimum absolute atomic E-state index is 0.00711. The Morgan fingerprint density at radius 1 is 0.972 bits per heavy atom. The van der Waals surface area contributed by atoms with Gasteiger partial charge < -0.3 is 9.63 Å². The van der Waals surface area contributed by atoms with Crippen LogP contribution < -0.4 is 0 Å². The molecule has 0 fully saturated rings. The van der Waals surface area contributed by atoms with Gasteiger partial charge in [0.2, 0.25) is 5.82 Å². The van der Waals surface area contributed by atoms with E-state index >= 15 is 0 Å². The summed E-state index contributed by atoms with van der Waals surface area (Å²) < 4.78 is 47.0. The van der Waals surface area contributed by atoms with Crippen LogP contribution in [0.5, 0.6) is 0 Å². The highest BCUT2D eigenvalue weighted by molar-refractivity contribution is 5.72. The Bertz CT molecular complexity index is 1400. The summed E-state index contributed by atoms with van der Waals surface area (Å²) in [7, 11) is 0. The van der Waals surface area contributed by atoms with E-state index in [4.69, 9.17) is 9.63 Å². The highest BCUT2D eigenvalue weighted by Gasteiger charge is 2.34. The van der Waals surface area contributed by atoms with Crippen LogP contribution in [0.3, 0.4) is 0 Å². The number of rotatable bonds is 6. The molecule has 9 heteroatoms. The molecule has 0 saturated carbocycles. The molecule has 36 heavy (non-hydrogen) atoms. The minimum atomic E-state index is -4.55. The number of nitrogens with zero attached hydrogens (tertiary/aromatic N) is 3. The molecule has 1 aliphatic heterocycles. The Hall–Kier alpha value is -3.98. The topological polar surface area (TPSA) is 79.5 Å². The van der Waals surface area contributed by atoms with E-state index in [1.807, 2.05) is 18.2 Å². The normalized spacial score (nSPS) is 14.0. The summed E-state index contributed by atoms with van der Waals surface area (Å²) in [6.45, 7) is 1.90. The lowest BCUT2D eigenvalue weighted by Crippen LogP contribution is -2.32. The number of benzene rings is 3. The zero-order valence-electron chi connectivity index (χ0n) is 19.1. The van der Waals surface area contributed by atoms with Crippen LogP contribution in [0.15, 0.2) is 71.3 Å². The van der Waals surface area contributed by atoms with Crippen molar-refractivity contribution < 1.29 is 27.6 Å². The number of carbonyl (C=O) groups is 1. The molecule has 0 saturated heterocycles. The van der Waals surface area contributed by atoms with Crippen LogP contribution in [-0.2, 0) is 23.9 Å². The van der Waals surface area contributed by atoms with E-state index in [-0.39, 0.29) is 23.4 Å². The van der Waals surface area contributed by atoms with Crippen molar-refractivity contribution in [3.05, 3.63) is 83.4 Å². The van der Waals surface area contributed by atoms with Crippen LogP contribution in [0.4, 0.5) is 13.2 Å². The predicted octanol–water partition coefficient (Wildman–Crippen LogP) is 5.92. The molecule has 5 rings (SSSR count). The predicted molar refractivity (Wildman–Crippen MR) is 127 cm³/mol. The van der Waals surface area contributed by atoms with Gasteiger partial charge in [-0.25, -0.2) is 0 Å². The number of carboxylic acid groups (broad SMARTS) is 1. The SMILES string of the molecule is O=C(O)CCN1CCc2cc(-c3noc(-c4ccc(-c5ccccc5)c(C(F)(F)F)c4)n3)ccc2C1. The molecule has 0 spiro atoms. The molecule has 2 heterocycles. The first-order valence-electron chi connectivity index (χ1n) is 11.4. The van der Waals surface area contributed by atoms with Gasteiger partial charge in [0, 0.05) is 30.8 Å². The van der Waals surface area contributed by atoms with Crippen LogP contribution in [-0.4, -0.2) is 39.2 Å². The number of fused-ring (bicyclic) bond motifs is 1. The van der Waals surface area contributed by atoms with E-state index < -0.39 is 17.7 Å². The molecule has 0 aliphatic carbocycles. The second-order valence-corrected chi connectivity index (χ2v) is 8.70. The van der Waals surface area contributed by atoms with Gasteiger partial charge in [-0.3, -0.25) is 9.69 Å². The van der Waals surface area contributed by atoms with Crippen LogP contribution >= 0.6 is 0 Å². The molecule has 4 aromatic rings. The quantitative estimate of drug-likeness (QED) is 0.359. The summed E-state index contributed by atoms with van der Waals surface area (Å²) >= 11 is 0. The molecular weight excluding hydrogens is 471 g/mol. The summed E-state index contributed by atoms with van der Waals surface area (Å²) in [6, 6.07) is 18.2. The van der Waals surface area contributed by atoms with E-state index in [0.29, 0.717) is 30.0 Å². The molecule has 0 amide bonds. The van der Waals surface area contributed by atoms with Crippen molar-refractivity contribution in [3.8, 4) is 34.0 Å². The van der Waals surface area contributed by atoms with Crippen LogP contribution in [0.1, 0.15) is 23.1 Å². The van der Waals surface area contributed by atoms with Gasteiger partial charge in [-0.2, -0.15) is 18.2 Å². The molecule has 1 N–H and O–H groups in total. The molecule has 3 aromatic carbocycles. The number of hydrogen-bond acceptors (Lipinski definition) is 5. The number of alkyl halides is 3. The summed E-state index contributed by atoms with van der Waals surface area (Å²) in [5.41, 5.74) is 2.89. The number of carboxylic acids is 1. The maximum Gasteiger partial charge on any atom is 0.417 e. The van der Waals surface area contributed by atoms with Crippen molar-refractivity contribution in [2.75, 3.05) is 13.1 Å². The Morgan fingerprint density at radius 3 is 2.50 bits per heavy atom. The number of hydrogen-bond donors (Lipinski definition) is 1. The monoisotopic (exact) mass is 493 g/mol. The van der Waals surface area contributed by atoms with Crippen LogP contribution in [0.25, 0.3) is 34.0 Å². The van der Waals surface area contributed by atoms with Gasteiger partial charge in [0.1, 0.15) is 0 Å². The summed E-state index contributed by atoms with van der Waals surface area (Å²) in [6.07, 6.45) is -3.70. The van der Waals surface area contributed by atoms with E-state index in [0.717, 1.165) is 30.2 Å². The lowest BCUT2D eigenvalue weighted by Gasteiger charge is -2.28. The smallest absolute Gasteiger partial charge is 0.417 e. The lowest BCUT2D eigenvalue weighted by atomic mass is 9.96. The van der Waals surface area contributed by atoms with Crippen molar-refractivity contribution in [2.24, 2.45) is 0 Å². The first kappa shape index (κ1) is 23.7. The second-order valence-electron chi connectivity index (χ2n) is 8.70. The highest BCUT2D eigenvalue weighted by Crippen LogP contribution is 2.39. The molecule has 1 aliphatic rings. The van der Waals surface area contributed by atoms with Gasteiger partial charge in [0.15, 0.2) is 0 Å². The van der Waals surface area contributed by atoms with E-state index in [1.54, 1.807) is 36.4 Å². The van der Waals surface area contributed by atoms with E-state index in [2.05, 4.69) is 15.0 Å². The van der Waals surface area contributed by atoms with Gasteiger partial charge in [-0.05, 0) is 46.9 Å². The second kappa shape index (κ2) is 9.58. The zero-order chi connectivity index (χ0) is 25.3. The van der Waals surface area contributed by atoms with Crippen molar-refractivity contribution >= 4 is 5.97 Å². The molecule has 6 nitrogen and oxygen atoms in total. The maximum absolute atomic E-state index is 13.9. The summed E-state index contributed by atoms with van der Waals surface area (Å²) in [4.78, 5) is 17.3. The van der Waals surface area contributed by atoms with Crippen LogP contribution in [0, 0.1) is 0 Å². The van der Waals surface area contributed by atoms with Gasteiger partial charge in [0.25, 0.3) is 5.89 Å². The number of halogens is 3. The Kier molecular flexibility index (Phi) is 6.32. The summed E-state index contributed by atoms with van der Waals surface area (Å²) in [5, 5.41) is 12.9. The largest absolute Gasteiger partial charge is 0.481 e. The molecule has 0 atom stereocenters. The first-order chi connectivity index (χ1) is 17.3. The lowest BCUT2D eigenvalue weighted by molar-refractivity contribution is -0.138. The van der Waals surface area contributed by atoms with E-state index in [1.165, 1.54) is 6.07 Å². The fourth-order valence-corrected chi connectivity index (χ4v) is 4.43. The maximum atomic E-state index is 13.9. The van der Waals surface area contributed by atoms with Crippen molar-refractivity contribution in [1.29, 1.82) is 0 Å². The molecule has 184 valence electrons. The third-order valence-electron chi connectivity index (χ3n) is 6.28. The standard InChI is InChI=1S/C27H22F3N3O3/c28-27(29,30)23-15-20(8-9-22(23)17-4-2-1-3-5-17)26-31-25(32-36-26)19-6-7-21-16-33(13-11-24(34)35)12-10-18(21)14-19/h1-9,14-15H,10-13,16H2,(H,34,35). The summed E-state index contributed by atoms with van der Waals surface area (Å²) in [5.74, 6) is -0.518. The Balaban J connectivity index is 1.40. The van der Waals surface area contributed by atoms with E-state index in [9.17, 15) is 18.0 Å². The van der Waals surface area contributed by atoms with Crippen LogP contribution in [0.2, 0.25) is 0 Å². The molecule has 0 bridgehead atoms. The fraction of sp³-hybridized carbons (Fsp3) is 0.222. The minimum Gasteiger partial charge on any atom is -0.481 e. The van der Waals surface area contributed by atoms with Crippen molar-refractivity contribution in [2.45, 2.75) is 25.6 Å². The Morgan fingerprint density at radius 2 is 1.75 bits per heavy atom. The average Bonchev–Trinajstić information content (AvgIpc) is 3.37. The Labute approximate surface area is 205 Å². The third kappa shape index (κ3) is 5.01. The molecule has 1 aromatic heterocycles. The number of aliphatic carboxylic acids is 1. The van der Waals surface area contributed by atoms with Gasteiger partial charge >= 0.3 is 12.1 Å². The fourth-order valence-electron chi connectivity index (χ4n) is 4.43. The molecular formula is C27H22F3N3O3.